The number of amides is 2. The number of carbonyl (C=O) groups is 2. The Morgan fingerprint density at radius 2 is 2.00 bits per heavy atom. The van der Waals surface area contributed by atoms with E-state index in [0.29, 0.717) is 18.0 Å². The molecule has 0 saturated carbocycles. The number of para-hydroxylation sites is 2. The zero-order valence-corrected chi connectivity index (χ0v) is 13.0. The van der Waals surface area contributed by atoms with Crippen molar-refractivity contribution in [3.63, 3.8) is 0 Å². The lowest BCUT2D eigenvalue weighted by molar-refractivity contribution is -0.131. The Hall–Kier alpha value is -2.04. The van der Waals surface area contributed by atoms with Crippen LogP contribution in [0.1, 0.15) is 27.2 Å². The molecule has 1 aromatic rings. The van der Waals surface area contributed by atoms with Crippen molar-refractivity contribution >= 4 is 17.5 Å². The van der Waals surface area contributed by atoms with Gasteiger partial charge in [-0.05, 0) is 32.9 Å². The minimum absolute atomic E-state index is 0.0303. The van der Waals surface area contributed by atoms with Crippen LogP contribution in [0.2, 0.25) is 0 Å². The van der Waals surface area contributed by atoms with E-state index in [9.17, 15) is 9.59 Å². The Balaban J connectivity index is 2.07. The summed E-state index contributed by atoms with van der Waals surface area (Å²) in [6.07, 6.45) is 0.262. The number of rotatable bonds is 3. The molecule has 2 rings (SSSR count). The second-order valence-corrected chi connectivity index (χ2v) is 6.27. The fourth-order valence-electron chi connectivity index (χ4n) is 2.51. The molecule has 1 fully saturated rings. The zero-order valence-electron chi connectivity index (χ0n) is 13.0. The van der Waals surface area contributed by atoms with Gasteiger partial charge in [0, 0.05) is 18.5 Å². The average molecular weight is 290 g/mol. The number of methoxy groups -OCH3 is 1. The largest absolute Gasteiger partial charge is 0.495 e. The summed E-state index contributed by atoms with van der Waals surface area (Å²) < 4.78 is 5.21. The molecule has 0 aromatic heterocycles. The van der Waals surface area contributed by atoms with Gasteiger partial charge in [0.25, 0.3) is 0 Å². The number of nitrogens with one attached hydrogen (secondary N) is 1. The highest BCUT2D eigenvalue weighted by Crippen LogP contribution is 2.28. The molecule has 1 atom stereocenters. The monoisotopic (exact) mass is 290 g/mol. The van der Waals surface area contributed by atoms with E-state index in [1.807, 2.05) is 32.9 Å². The van der Waals surface area contributed by atoms with E-state index in [-0.39, 0.29) is 29.7 Å². The molecule has 1 N–H and O–H groups in total. The minimum atomic E-state index is -0.318. The van der Waals surface area contributed by atoms with Gasteiger partial charge in [-0.15, -0.1) is 0 Å². The summed E-state index contributed by atoms with van der Waals surface area (Å²) >= 11 is 0. The van der Waals surface area contributed by atoms with E-state index in [1.165, 1.54) is 0 Å². The molecule has 21 heavy (non-hydrogen) atoms. The maximum Gasteiger partial charge on any atom is 0.229 e. The van der Waals surface area contributed by atoms with Gasteiger partial charge >= 0.3 is 0 Å². The first kappa shape index (κ1) is 15.4. The van der Waals surface area contributed by atoms with Gasteiger partial charge in [0.1, 0.15) is 5.75 Å². The molecule has 114 valence electrons. The maximum absolute atomic E-state index is 12.4. The van der Waals surface area contributed by atoms with Gasteiger partial charge in [-0.2, -0.15) is 0 Å². The number of hydrogen-bond acceptors (Lipinski definition) is 3. The van der Waals surface area contributed by atoms with Crippen LogP contribution in [-0.4, -0.2) is 35.9 Å². The molecular formula is C16H22N2O3. The van der Waals surface area contributed by atoms with Crippen LogP contribution in [0.3, 0.4) is 0 Å². The first-order valence-corrected chi connectivity index (χ1v) is 7.07. The highest BCUT2D eigenvalue weighted by atomic mass is 16.5. The predicted octanol–water partition coefficient (Wildman–Crippen LogP) is 2.28. The average Bonchev–Trinajstić information content (AvgIpc) is 2.81. The second-order valence-electron chi connectivity index (χ2n) is 6.27. The van der Waals surface area contributed by atoms with Gasteiger partial charge in [-0.25, -0.2) is 0 Å². The molecule has 1 saturated heterocycles. The van der Waals surface area contributed by atoms with Crippen molar-refractivity contribution in [1.82, 2.24) is 4.90 Å². The molecule has 1 aliphatic heterocycles. The van der Waals surface area contributed by atoms with Crippen molar-refractivity contribution in [2.45, 2.75) is 32.7 Å². The molecule has 0 radical (unpaired) electrons. The third-order valence-corrected chi connectivity index (χ3v) is 3.67. The molecule has 5 nitrogen and oxygen atoms in total. The quantitative estimate of drug-likeness (QED) is 0.929. The van der Waals surface area contributed by atoms with Crippen LogP contribution in [0.5, 0.6) is 5.75 Å². The number of ether oxygens (including phenoxy) is 1. The van der Waals surface area contributed by atoms with Crippen LogP contribution in [0.4, 0.5) is 5.69 Å². The summed E-state index contributed by atoms with van der Waals surface area (Å²) in [6.45, 7) is 6.39. The van der Waals surface area contributed by atoms with E-state index in [1.54, 1.807) is 24.1 Å². The number of anilines is 1. The number of hydrogen-bond donors (Lipinski definition) is 1. The lowest BCUT2D eigenvalue weighted by Gasteiger charge is -2.31. The van der Waals surface area contributed by atoms with Crippen LogP contribution >= 0.6 is 0 Å². The molecule has 5 heteroatoms. The van der Waals surface area contributed by atoms with Crippen LogP contribution < -0.4 is 10.1 Å². The number of benzene rings is 1. The Morgan fingerprint density at radius 1 is 1.33 bits per heavy atom. The summed E-state index contributed by atoms with van der Waals surface area (Å²) in [6, 6.07) is 7.25. The fraction of sp³-hybridized carbons (Fsp3) is 0.500. The molecule has 0 spiro atoms. The minimum Gasteiger partial charge on any atom is -0.495 e. The second kappa shape index (κ2) is 5.76. The summed E-state index contributed by atoms with van der Waals surface area (Å²) in [5, 5.41) is 2.85. The van der Waals surface area contributed by atoms with Crippen molar-refractivity contribution < 1.29 is 14.3 Å². The standard InChI is InChI=1S/C16H22N2O3/c1-16(2,3)18-10-11(9-14(18)19)15(20)17-12-7-5-6-8-13(12)21-4/h5-8,11H,9-10H2,1-4H3,(H,17,20). The van der Waals surface area contributed by atoms with Crippen molar-refractivity contribution in [3.8, 4) is 5.75 Å². The molecule has 2 amide bonds. The summed E-state index contributed by atoms with van der Waals surface area (Å²) in [5.41, 5.74) is 0.378. The molecule has 1 heterocycles. The first-order chi connectivity index (χ1) is 9.82. The molecule has 0 aliphatic carbocycles. The fourth-order valence-corrected chi connectivity index (χ4v) is 2.51. The third kappa shape index (κ3) is 3.35. The van der Waals surface area contributed by atoms with Gasteiger partial charge in [0.05, 0.1) is 18.7 Å². The van der Waals surface area contributed by atoms with E-state index in [4.69, 9.17) is 4.74 Å². The van der Waals surface area contributed by atoms with Crippen molar-refractivity contribution in [2.24, 2.45) is 5.92 Å². The van der Waals surface area contributed by atoms with E-state index in [0.717, 1.165) is 0 Å². The van der Waals surface area contributed by atoms with Crippen LogP contribution in [-0.2, 0) is 9.59 Å². The van der Waals surface area contributed by atoms with Crippen molar-refractivity contribution in [1.29, 1.82) is 0 Å². The number of nitrogens with zero attached hydrogens (tertiary/aromatic N) is 1. The highest BCUT2D eigenvalue weighted by Gasteiger charge is 2.39. The molecule has 1 aliphatic rings. The smallest absolute Gasteiger partial charge is 0.229 e. The molecule has 1 aromatic carbocycles. The first-order valence-electron chi connectivity index (χ1n) is 7.07. The Bertz CT molecular complexity index is 549. The topological polar surface area (TPSA) is 58.6 Å². The van der Waals surface area contributed by atoms with E-state index >= 15 is 0 Å². The van der Waals surface area contributed by atoms with Gasteiger partial charge in [-0.1, -0.05) is 12.1 Å². The van der Waals surface area contributed by atoms with Crippen LogP contribution in [0, 0.1) is 5.92 Å². The number of likely N-dealkylation sites (tertiary alicyclic amines) is 1. The molecule has 0 bridgehead atoms. The Morgan fingerprint density at radius 3 is 2.57 bits per heavy atom. The van der Waals surface area contributed by atoms with Gasteiger partial charge < -0.3 is 15.0 Å². The van der Waals surface area contributed by atoms with Gasteiger partial charge in [-0.3, -0.25) is 9.59 Å². The van der Waals surface area contributed by atoms with Crippen molar-refractivity contribution in [3.05, 3.63) is 24.3 Å². The lowest BCUT2D eigenvalue weighted by atomic mass is 10.1. The summed E-state index contributed by atoms with van der Waals surface area (Å²) in [4.78, 5) is 26.2. The SMILES string of the molecule is COc1ccccc1NC(=O)C1CC(=O)N(C(C)(C)C)C1. The molecular weight excluding hydrogens is 268 g/mol. The predicted molar refractivity (Wildman–Crippen MR) is 81.2 cm³/mol. The normalized spacial score (nSPS) is 18.8. The maximum atomic E-state index is 12.4. The Kier molecular flexibility index (Phi) is 4.21. The molecule has 1 unspecified atom stereocenters. The van der Waals surface area contributed by atoms with Crippen molar-refractivity contribution in [2.75, 3.05) is 19.0 Å². The highest BCUT2D eigenvalue weighted by molar-refractivity contribution is 5.98. The zero-order chi connectivity index (χ0) is 15.6. The lowest BCUT2D eigenvalue weighted by Crippen LogP contribution is -2.42. The summed E-state index contributed by atoms with van der Waals surface area (Å²) in [5.74, 6) is 0.187. The van der Waals surface area contributed by atoms with Gasteiger partial charge in [0.15, 0.2) is 0 Å². The Labute approximate surface area is 125 Å². The number of carbonyl (C=O) groups excluding carboxylic acids is 2. The van der Waals surface area contributed by atoms with E-state index in [2.05, 4.69) is 5.32 Å². The van der Waals surface area contributed by atoms with Gasteiger partial charge in [0.2, 0.25) is 11.8 Å². The van der Waals surface area contributed by atoms with Crippen LogP contribution in [0.25, 0.3) is 0 Å². The third-order valence-electron chi connectivity index (χ3n) is 3.67. The van der Waals surface area contributed by atoms with Crippen LogP contribution in [0.15, 0.2) is 24.3 Å². The van der Waals surface area contributed by atoms with E-state index < -0.39 is 0 Å². The summed E-state index contributed by atoms with van der Waals surface area (Å²) in [7, 11) is 1.56.